The summed E-state index contributed by atoms with van der Waals surface area (Å²) in [5.74, 6) is 2.16. The Balaban J connectivity index is 0.00000168. The van der Waals surface area contributed by atoms with Crippen molar-refractivity contribution in [2.24, 2.45) is 5.92 Å². The number of benzene rings is 2. The Morgan fingerprint density at radius 2 is 1.69 bits per heavy atom. The minimum atomic E-state index is 0. The maximum Gasteiger partial charge on any atom is 0.234 e. The Kier molecular flexibility index (Phi) is 4.55. The van der Waals surface area contributed by atoms with Gasteiger partial charge in [-0.15, -0.1) is 12.4 Å². The molecule has 2 heterocycles. The largest absolute Gasteiger partial charge is 0.338 e. The number of rotatable bonds is 3. The van der Waals surface area contributed by atoms with Crippen molar-refractivity contribution in [1.29, 1.82) is 0 Å². The van der Waals surface area contributed by atoms with Gasteiger partial charge in [0.05, 0.1) is 5.41 Å². The monoisotopic (exact) mass is 367 g/mol. The van der Waals surface area contributed by atoms with Crippen molar-refractivity contribution in [3.8, 4) is 22.5 Å². The third kappa shape index (κ3) is 2.74. The third-order valence-corrected chi connectivity index (χ3v) is 5.89. The minimum Gasteiger partial charge on any atom is -0.338 e. The quantitative estimate of drug-likeness (QED) is 0.742. The molecule has 4 nitrogen and oxygen atoms in total. The van der Waals surface area contributed by atoms with E-state index in [9.17, 15) is 0 Å². The zero-order valence-corrected chi connectivity index (χ0v) is 15.3. The second-order valence-corrected chi connectivity index (χ2v) is 7.24. The highest BCUT2D eigenvalue weighted by Gasteiger charge is 2.51. The van der Waals surface area contributed by atoms with E-state index >= 15 is 0 Å². The molecule has 0 amide bonds. The normalized spacial score (nSPS) is 24.2. The molecule has 0 radical (unpaired) electrons. The molecule has 1 saturated carbocycles. The number of hydrogen-bond acceptors (Lipinski definition) is 4. The summed E-state index contributed by atoms with van der Waals surface area (Å²) >= 11 is 0. The first-order chi connectivity index (χ1) is 12.4. The minimum absolute atomic E-state index is 0. The average molecular weight is 368 g/mol. The number of halogens is 1. The van der Waals surface area contributed by atoms with Gasteiger partial charge in [-0.1, -0.05) is 66.2 Å². The second kappa shape index (κ2) is 6.86. The maximum atomic E-state index is 5.72. The summed E-state index contributed by atoms with van der Waals surface area (Å²) in [7, 11) is 0. The van der Waals surface area contributed by atoms with E-state index in [1.165, 1.54) is 24.0 Å². The molecule has 2 fully saturated rings. The fraction of sp³-hybridized carbons (Fsp3) is 0.333. The number of nitrogens with one attached hydrogen (secondary N) is 1. The van der Waals surface area contributed by atoms with E-state index in [2.05, 4.69) is 59.0 Å². The van der Waals surface area contributed by atoms with Crippen molar-refractivity contribution < 1.29 is 4.52 Å². The number of fused-ring (bicyclic) bond motifs is 1. The van der Waals surface area contributed by atoms with Crippen LogP contribution in [0.25, 0.3) is 22.5 Å². The van der Waals surface area contributed by atoms with E-state index in [0.717, 1.165) is 31.0 Å². The molecule has 1 N–H and O–H groups in total. The van der Waals surface area contributed by atoms with E-state index in [0.29, 0.717) is 11.7 Å². The number of aromatic nitrogens is 2. The molecular weight excluding hydrogens is 346 g/mol. The molecule has 1 saturated heterocycles. The van der Waals surface area contributed by atoms with Crippen LogP contribution in [0.4, 0.5) is 0 Å². The topological polar surface area (TPSA) is 51.0 Å². The fourth-order valence-electron chi connectivity index (χ4n) is 4.49. The Morgan fingerprint density at radius 3 is 2.50 bits per heavy atom. The molecule has 134 valence electrons. The predicted octanol–water partition coefficient (Wildman–Crippen LogP) is 4.47. The van der Waals surface area contributed by atoms with Gasteiger partial charge in [0, 0.05) is 12.1 Å². The van der Waals surface area contributed by atoms with Gasteiger partial charge in [0.2, 0.25) is 11.7 Å². The predicted molar refractivity (Wildman–Crippen MR) is 104 cm³/mol. The van der Waals surface area contributed by atoms with Gasteiger partial charge in [-0.3, -0.25) is 0 Å². The Hall–Kier alpha value is -2.17. The summed E-state index contributed by atoms with van der Waals surface area (Å²) in [5, 5.41) is 7.79. The lowest BCUT2D eigenvalue weighted by molar-refractivity contribution is 0.265. The summed E-state index contributed by atoms with van der Waals surface area (Å²) < 4.78 is 5.72. The van der Waals surface area contributed by atoms with Crippen molar-refractivity contribution in [2.45, 2.75) is 24.7 Å². The van der Waals surface area contributed by atoms with Crippen molar-refractivity contribution in [1.82, 2.24) is 15.5 Å². The van der Waals surface area contributed by atoms with E-state index < -0.39 is 0 Å². The molecule has 2 aliphatic rings. The summed E-state index contributed by atoms with van der Waals surface area (Å²) in [6, 6.07) is 18.8. The SMILES string of the molecule is Cl.c1ccc(-c2ccc(-c3noc([C@@]45CCC[C@@H]4CNC5)n3)cc2)cc1. The standard InChI is InChI=1S/C21H21N3O.ClH/c1-2-5-15(6-3-1)16-8-10-17(11-9-16)19-23-20(25-24-19)21-12-4-7-18(21)13-22-14-21;/h1-3,5-6,8-11,18,22H,4,7,12-14H2;1H/t18-,21-;/m1./s1. The van der Waals surface area contributed by atoms with Crippen LogP contribution in [-0.2, 0) is 5.41 Å². The molecular formula is C21H22ClN3O. The number of hydrogen-bond donors (Lipinski definition) is 1. The lowest BCUT2D eigenvalue weighted by Gasteiger charge is -2.22. The van der Waals surface area contributed by atoms with Crippen LogP contribution in [0.15, 0.2) is 59.1 Å². The second-order valence-electron chi connectivity index (χ2n) is 7.24. The molecule has 1 aliphatic carbocycles. The van der Waals surface area contributed by atoms with Crippen molar-refractivity contribution in [2.75, 3.05) is 13.1 Å². The van der Waals surface area contributed by atoms with E-state index in [1.807, 2.05) is 6.07 Å². The van der Waals surface area contributed by atoms with E-state index in [-0.39, 0.29) is 17.8 Å². The van der Waals surface area contributed by atoms with Gasteiger partial charge in [0.15, 0.2) is 0 Å². The lowest BCUT2D eigenvalue weighted by atomic mass is 9.80. The molecule has 3 aromatic rings. The van der Waals surface area contributed by atoms with Gasteiger partial charge in [0.1, 0.15) is 0 Å². The van der Waals surface area contributed by atoms with Gasteiger partial charge in [-0.25, -0.2) is 0 Å². The molecule has 5 rings (SSSR count). The molecule has 2 atom stereocenters. The zero-order chi connectivity index (χ0) is 16.7. The van der Waals surface area contributed by atoms with Gasteiger partial charge >= 0.3 is 0 Å². The van der Waals surface area contributed by atoms with Crippen LogP contribution in [0.5, 0.6) is 0 Å². The van der Waals surface area contributed by atoms with Crippen LogP contribution in [0.1, 0.15) is 25.2 Å². The first-order valence-electron chi connectivity index (χ1n) is 9.06. The highest BCUT2D eigenvalue weighted by molar-refractivity contribution is 5.85. The first kappa shape index (κ1) is 17.3. The van der Waals surface area contributed by atoms with Crippen LogP contribution in [0.3, 0.4) is 0 Å². The molecule has 0 spiro atoms. The van der Waals surface area contributed by atoms with Crippen LogP contribution in [0.2, 0.25) is 0 Å². The maximum absolute atomic E-state index is 5.72. The van der Waals surface area contributed by atoms with Gasteiger partial charge in [-0.2, -0.15) is 4.98 Å². The van der Waals surface area contributed by atoms with Crippen LogP contribution in [0, 0.1) is 5.92 Å². The molecule has 0 bridgehead atoms. The van der Waals surface area contributed by atoms with Gasteiger partial charge < -0.3 is 9.84 Å². The highest BCUT2D eigenvalue weighted by Crippen LogP contribution is 2.47. The van der Waals surface area contributed by atoms with Crippen LogP contribution >= 0.6 is 12.4 Å². The van der Waals surface area contributed by atoms with E-state index in [4.69, 9.17) is 9.51 Å². The number of nitrogens with zero attached hydrogens (tertiary/aromatic N) is 2. The van der Waals surface area contributed by atoms with Gasteiger partial charge in [-0.05, 0) is 36.4 Å². The Morgan fingerprint density at radius 1 is 0.962 bits per heavy atom. The van der Waals surface area contributed by atoms with Crippen molar-refractivity contribution >= 4 is 12.4 Å². The first-order valence-corrected chi connectivity index (χ1v) is 9.06. The molecule has 1 aromatic heterocycles. The smallest absolute Gasteiger partial charge is 0.234 e. The zero-order valence-electron chi connectivity index (χ0n) is 14.5. The van der Waals surface area contributed by atoms with Crippen molar-refractivity contribution in [3.63, 3.8) is 0 Å². The molecule has 0 unspecified atom stereocenters. The Bertz CT molecular complexity index is 866. The molecule has 1 aliphatic heterocycles. The summed E-state index contributed by atoms with van der Waals surface area (Å²) in [4.78, 5) is 4.78. The van der Waals surface area contributed by atoms with E-state index in [1.54, 1.807) is 0 Å². The molecule has 2 aromatic carbocycles. The summed E-state index contributed by atoms with van der Waals surface area (Å²) in [6.07, 6.45) is 3.67. The van der Waals surface area contributed by atoms with Crippen molar-refractivity contribution in [3.05, 3.63) is 60.5 Å². The highest BCUT2D eigenvalue weighted by atomic mass is 35.5. The summed E-state index contributed by atoms with van der Waals surface area (Å²) in [6.45, 7) is 2.04. The lowest BCUT2D eigenvalue weighted by Crippen LogP contribution is -2.31. The fourth-order valence-corrected chi connectivity index (χ4v) is 4.49. The third-order valence-electron chi connectivity index (χ3n) is 5.89. The van der Waals surface area contributed by atoms with Crippen LogP contribution in [-0.4, -0.2) is 23.2 Å². The summed E-state index contributed by atoms with van der Waals surface area (Å²) in [5.41, 5.74) is 3.48. The van der Waals surface area contributed by atoms with Gasteiger partial charge in [0.25, 0.3) is 0 Å². The van der Waals surface area contributed by atoms with Crippen LogP contribution < -0.4 is 5.32 Å². The molecule has 26 heavy (non-hydrogen) atoms. The molecule has 5 heteroatoms. The average Bonchev–Trinajstić information content (AvgIpc) is 3.38. The Labute approximate surface area is 159 Å².